The third kappa shape index (κ3) is 1.23. The van der Waals surface area contributed by atoms with Crippen LogP contribution in [0.15, 0.2) is 28.7 Å². The average molecular weight is 255 g/mol. The zero-order valence-corrected chi connectivity index (χ0v) is 9.29. The molecule has 74 valence electrons. The minimum Gasteiger partial charge on any atom is -0.378 e. The van der Waals surface area contributed by atoms with Crippen LogP contribution in [0.2, 0.25) is 0 Å². The lowest BCUT2D eigenvalue weighted by Gasteiger charge is -2.18. The van der Waals surface area contributed by atoms with Crippen molar-refractivity contribution in [2.24, 2.45) is 0 Å². The van der Waals surface area contributed by atoms with Crippen molar-refractivity contribution in [3.8, 4) is 0 Å². The maximum Gasteiger partial charge on any atom is 0.124 e. The maximum atomic E-state index is 5.76. The molecule has 2 heterocycles. The van der Waals surface area contributed by atoms with Crippen molar-refractivity contribution in [1.29, 1.82) is 0 Å². The van der Waals surface area contributed by atoms with Crippen LogP contribution in [0.3, 0.4) is 0 Å². The van der Waals surface area contributed by atoms with Gasteiger partial charge in [0.2, 0.25) is 0 Å². The van der Waals surface area contributed by atoms with Crippen LogP contribution in [-0.4, -0.2) is 19.3 Å². The van der Waals surface area contributed by atoms with Gasteiger partial charge in [0.05, 0.1) is 6.61 Å². The number of hydrogen-bond acceptors (Lipinski definition) is 2. The van der Waals surface area contributed by atoms with E-state index in [0.717, 1.165) is 24.1 Å². The van der Waals surface area contributed by atoms with Gasteiger partial charge in [0.25, 0.3) is 0 Å². The second kappa shape index (κ2) is 3.05. The Labute approximate surface area is 91.3 Å². The van der Waals surface area contributed by atoms with Gasteiger partial charge in [-0.1, -0.05) is 28.1 Å². The van der Waals surface area contributed by atoms with Crippen LogP contribution >= 0.6 is 15.9 Å². The van der Waals surface area contributed by atoms with Crippen LogP contribution in [0.5, 0.6) is 0 Å². The third-order valence-corrected chi connectivity index (χ3v) is 3.51. The molecular weight excluding hydrogens is 244 g/mol. The summed E-state index contributed by atoms with van der Waals surface area (Å²) in [5.74, 6) is 0. The molecule has 0 unspecified atom stereocenters. The van der Waals surface area contributed by atoms with Crippen molar-refractivity contribution in [3.63, 3.8) is 0 Å². The second-order valence-corrected chi connectivity index (χ2v) is 4.75. The summed E-state index contributed by atoms with van der Waals surface area (Å²) in [6.07, 6.45) is 1.26. The van der Waals surface area contributed by atoms with Gasteiger partial charge >= 0.3 is 0 Å². The number of epoxide rings is 1. The first-order valence-corrected chi connectivity index (χ1v) is 5.62. The zero-order chi connectivity index (χ0) is 9.60. The molecule has 2 aliphatic rings. The van der Waals surface area contributed by atoms with Crippen molar-refractivity contribution in [2.75, 3.05) is 13.2 Å². The summed E-state index contributed by atoms with van der Waals surface area (Å²) in [7, 11) is 0. The molecule has 3 rings (SSSR count). The number of ether oxygens (including phenoxy) is 2. The van der Waals surface area contributed by atoms with Crippen LogP contribution in [0.4, 0.5) is 0 Å². The predicted molar refractivity (Wildman–Crippen MR) is 56.1 cm³/mol. The highest BCUT2D eigenvalue weighted by atomic mass is 79.9. The van der Waals surface area contributed by atoms with E-state index < -0.39 is 0 Å². The van der Waals surface area contributed by atoms with Crippen molar-refractivity contribution >= 4 is 15.9 Å². The largest absolute Gasteiger partial charge is 0.378 e. The zero-order valence-electron chi connectivity index (χ0n) is 7.70. The summed E-state index contributed by atoms with van der Waals surface area (Å²) in [5.41, 5.74) is 1.25. The van der Waals surface area contributed by atoms with E-state index in [1.807, 2.05) is 6.07 Å². The normalized spacial score (nSPS) is 35.1. The van der Waals surface area contributed by atoms with Gasteiger partial charge in [0.1, 0.15) is 11.7 Å². The number of benzene rings is 1. The number of hydrogen-bond donors (Lipinski definition) is 0. The predicted octanol–water partition coefficient (Wildman–Crippen LogP) is 2.46. The average Bonchev–Trinajstić information content (AvgIpc) is 2.93. The molecule has 2 aliphatic heterocycles. The molecule has 2 nitrogen and oxygen atoms in total. The lowest BCUT2D eigenvalue weighted by molar-refractivity contribution is 0.0975. The fourth-order valence-electron chi connectivity index (χ4n) is 2.17. The fraction of sp³-hybridized carbons (Fsp3) is 0.455. The second-order valence-electron chi connectivity index (χ2n) is 3.83. The Bertz CT molecular complexity index is 366. The molecule has 0 amide bonds. The van der Waals surface area contributed by atoms with Crippen LogP contribution in [0.1, 0.15) is 12.0 Å². The molecule has 0 aliphatic carbocycles. The topological polar surface area (TPSA) is 21.8 Å². The first-order chi connectivity index (χ1) is 6.81. The van der Waals surface area contributed by atoms with Gasteiger partial charge in [-0.3, -0.25) is 0 Å². The molecule has 0 radical (unpaired) electrons. The summed E-state index contributed by atoms with van der Waals surface area (Å²) in [5, 5.41) is 0. The summed E-state index contributed by atoms with van der Waals surface area (Å²) in [6.45, 7) is 1.55. The Balaban J connectivity index is 1.95. The fourth-order valence-corrected chi connectivity index (χ4v) is 2.57. The summed E-state index contributed by atoms with van der Waals surface area (Å²) in [6, 6.07) is 8.38. The molecule has 2 fully saturated rings. The highest BCUT2D eigenvalue weighted by molar-refractivity contribution is 9.10. The van der Waals surface area contributed by atoms with E-state index in [9.17, 15) is 0 Å². The molecule has 0 saturated carbocycles. The molecule has 2 saturated heterocycles. The van der Waals surface area contributed by atoms with Crippen LogP contribution < -0.4 is 0 Å². The van der Waals surface area contributed by atoms with E-state index in [0.29, 0.717) is 0 Å². The highest BCUT2D eigenvalue weighted by Gasteiger charge is 2.59. The Kier molecular flexibility index (Phi) is 1.94. The van der Waals surface area contributed by atoms with E-state index in [4.69, 9.17) is 9.47 Å². The number of fused-ring (bicyclic) bond motifs is 1. The third-order valence-electron chi connectivity index (χ3n) is 3.02. The van der Waals surface area contributed by atoms with Crippen LogP contribution in [0.25, 0.3) is 0 Å². The first-order valence-electron chi connectivity index (χ1n) is 4.83. The number of rotatable bonds is 1. The first kappa shape index (κ1) is 8.89. The van der Waals surface area contributed by atoms with Gasteiger partial charge in [-0.2, -0.15) is 0 Å². The lowest BCUT2D eigenvalue weighted by atomic mass is 9.91. The summed E-state index contributed by atoms with van der Waals surface area (Å²) < 4.78 is 12.2. The van der Waals surface area contributed by atoms with E-state index in [2.05, 4.69) is 34.1 Å². The Morgan fingerprint density at radius 1 is 1.43 bits per heavy atom. The molecule has 0 N–H and O–H groups in total. The van der Waals surface area contributed by atoms with E-state index >= 15 is 0 Å². The molecule has 2 atom stereocenters. The minimum absolute atomic E-state index is 0.0258. The quantitative estimate of drug-likeness (QED) is 0.719. The maximum absolute atomic E-state index is 5.76. The molecule has 3 heteroatoms. The summed E-state index contributed by atoms with van der Waals surface area (Å²) >= 11 is 3.48. The summed E-state index contributed by atoms with van der Waals surface area (Å²) in [4.78, 5) is 0. The lowest BCUT2D eigenvalue weighted by Crippen LogP contribution is -2.24. The van der Waals surface area contributed by atoms with Gasteiger partial charge in [0.15, 0.2) is 0 Å². The monoisotopic (exact) mass is 254 g/mol. The van der Waals surface area contributed by atoms with E-state index in [1.165, 1.54) is 5.56 Å². The van der Waals surface area contributed by atoms with Gasteiger partial charge in [-0.05, 0) is 17.7 Å². The smallest absolute Gasteiger partial charge is 0.124 e. The van der Waals surface area contributed by atoms with Gasteiger partial charge in [0, 0.05) is 17.5 Å². The van der Waals surface area contributed by atoms with Gasteiger partial charge < -0.3 is 9.47 Å². The van der Waals surface area contributed by atoms with Crippen LogP contribution in [0, 0.1) is 0 Å². The number of halogens is 1. The van der Waals surface area contributed by atoms with Crippen molar-refractivity contribution in [2.45, 2.75) is 18.1 Å². The minimum atomic E-state index is -0.0258. The van der Waals surface area contributed by atoms with Gasteiger partial charge in [-0.15, -0.1) is 0 Å². The molecule has 1 aromatic carbocycles. The Morgan fingerprint density at radius 2 is 2.36 bits per heavy atom. The highest BCUT2D eigenvalue weighted by Crippen LogP contribution is 2.51. The Morgan fingerprint density at radius 3 is 3.14 bits per heavy atom. The van der Waals surface area contributed by atoms with Crippen molar-refractivity contribution < 1.29 is 9.47 Å². The standard InChI is InChI=1S/C11H11BrO2/c12-9-3-1-2-8(6-9)11-4-5-13-7-10(11)14-11/h1-3,6,10H,4-5,7H2/t10-,11-/m0/s1. The van der Waals surface area contributed by atoms with Crippen LogP contribution in [-0.2, 0) is 15.1 Å². The molecule has 14 heavy (non-hydrogen) atoms. The van der Waals surface area contributed by atoms with E-state index in [1.54, 1.807) is 0 Å². The molecule has 0 bridgehead atoms. The SMILES string of the molecule is Brc1cccc([C@@]23CCOC[C@@H]2O3)c1. The molecule has 0 aromatic heterocycles. The molecule has 1 aromatic rings. The van der Waals surface area contributed by atoms with E-state index in [-0.39, 0.29) is 11.7 Å². The van der Waals surface area contributed by atoms with Gasteiger partial charge in [-0.25, -0.2) is 0 Å². The van der Waals surface area contributed by atoms with Crippen molar-refractivity contribution in [1.82, 2.24) is 0 Å². The molecular formula is C11H11BrO2. The Hall–Kier alpha value is -0.380. The molecule has 0 spiro atoms. The van der Waals surface area contributed by atoms with Crippen molar-refractivity contribution in [3.05, 3.63) is 34.3 Å².